The predicted molar refractivity (Wildman–Crippen MR) is 139 cm³/mol. The Hall–Kier alpha value is -1.84. The highest BCUT2D eigenvalue weighted by Gasteiger charge is 2.28. The molecule has 1 aliphatic rings. The highest BCUT2D eigenvalue weighted by molar-refractivity contribution is 5.49. The zero-order chi connectivity index (χ0) is 22.9. The molecule has 0 spiro atoms. The molecule has 2 aromatic rings. The molecule has 0 saturated carbocycles. The normalized spacial score (nSPS) is 17.9. The largest absolute Gasteiger partial charge is 0.367 e. The van der Waals surface area contributed by atoms with Crippen molar-refractivity contribution in [2.75, 3.05) is 31.1 Å². The van der Waals surface area contributed by atoms with Crippen LogP contribution in [0.3, 0.4) is 0 Å². The third-order valence-electron chi connectivity index (χ3n) is 6.72. The van der Waals surface area contributed by atoms with Crippen molar-refractivity contribution in [1.82, 2.24) is 4.90 Å². The second-order valence-corrected chi connectivity index (χ2v) is 10.6. The van der Waals surface area contributed by atoms with E-state index in [4.69, 9.17) is 5.73 Å². The van der Waals surface area contributed by atoms with Crippen LogP contribution in [0.4, 0.5) is 5.69 Å². The highest BCUT2D eigenvalue weighted by atomic mass is 15.3. The van der Waals surface area contributed by atoms with Gasteiger partial charge in [0, 0.05) is 44.0 Å². The van der Waals surface area contributed by atoms with Gasteiger partial charge in [-0.2, -0.15) is 0 Å². The number of aryl methyl sites for hydroxylation is 2. The molecule has 0 radical (unpaired) electrons. The molecule has 1 saturated heterocycles. The van der Waals surface area contributed by atoms with Gasteiger partial charge in [-0.3, -0.25) is 4.90 Å². The average Bonchev–Trinajstić information content (AvgIpc) is 3.21. The number of nitrogens with two attached hydrogens (primary N) is 1. The van der Waals surface area contributed by atoms with Gasteiger partial charge in [-0.05, 0) is 67.2 Å². The number of likely N-dealkylation sites (tertiary alicyclic amines) is 1. The van der Waals surface area contributed by atoms with E-state index in [-0.39, 0.29) is 0 Å². The van der Waals surface area contributed by atoms with Crippen LogP contribution < -0.4 is 10.6 Å². The molecule has 176 valence electrons. The molecule has 1 aliphatic heterocycles. The summed E-state index contributed by atoms with van der Waals surface area (Å²) < 4.78 is 0. The van der Waals surface area contributed by atoms with Gasteiger partial charge < -0.3 is 10.6 Å². The molecule has 3 heteroatoms. The summed E-state index contributed by atoms with van der Waals surface area (Å²) in [6.07, 6.45) is 5.79. The van der Waals surface area contributed by atoms with E-state index in [1.807, 2.05) is 0 Å². The Kier molecular flexibility index (Phi) is 9.62. The molecule has 32 heavy (non-hydrogen) atoms. The molecule has 2 unspecified atom stereocenters. The van der Waals surface area contributed by atoms with Gasteiger partial charge in [0.15, 0.2) is 0 Å². The van der Waals surface area contributed by atoms with Crippen LogP contribution in [-0.4, -0.2) is 43.2 Å². The lowest BCUT2D eigenvalue weighted by Crippen LogP contribution is -2.41. The Labute approximate surface area is 197 Å². The first-order valence-corrected chi connectivity index (χ1v) is 12.8. The summed E-state index contributed by atoms with van der Waals surface area (Å²) in [6, 6.07) is 21.1. The lowest BCUT2D eigenvalue weighted by atomic mass is 10.0. The molecule has 2 N–H and O–H groups in total. The van der Waals surface area contributed by atoms with E-state index in [2.05, 4.69) is 92.1 Å². The van der Waals surface area contributed by atoms with Gasteiger partial charge in [-0.15, -0.1) is 0 Å². The first-order valence-electron chi connectivity index (χ1n) is 12.8. The number of anilines is 1. The predicted octanol–water partition coefficient (Wildman–Crippen LogP) is 5.77. The molecule has 0 amide bonds. The Bertz CT molecular complexity index is 769. The highest BCUT2D eigenvalue weighted by Crippen LogP contribution is 2.25. The van der Waals surface area contributed by atoms with Gasteiger partial charge >= 0.3 is 0 Å². The summed E-state index contributed by atoms with van der Waals surface area (Å²) in [5.74, 6) is 1.39. The van der Waals surface area contributed by atoms with Crippen molar-refractivity contribution in [2.45, 2.75) is 71.9 Å². The molecule has 2 atom stereocenters. The zero-order valence-corrected chi connectivity index (χ0v) is 20.8. The molecular formula is C29H45N3. The van der Waals surface area contributed by atoms with E-state index >= 15 is 0 Å². The SMILES string of the molecule is CC(C)CCN(c1ccc(CCc2ccccc2)cc1)C1CCN(CC(N)CC(C)C)C1. The van der Waals surface area contributed by atoms with Crippen molar-refractivity contribution in [3.8, 4) is 0 Å². The third kappa shape index (κ3) is 7.94. The minimum atomic E-state index is 0.293. The average molecular weight is 436 g/mol. The molecular weight excluding hydrogens is 390 g/mol. The van der Waals surface area contributed by atoms with Gasteiger partial charge in [-0.25, -0.2) is 0 Å². The van der Waals surface area contributed by atoms with Gasteiger partial charge in [0.05, 0.1) is 0 Å². The topological polar surface area (TPSA) is 32.5 Å². The number of benzene rings is 2. The van der Waals surface area contributed by atoms with Crippen LogP contribution in [0.5, 0.6) is 0 Å². The number of hydrogen-bond donors (Lipinski definition) is 1. The Morgan fingerprint density at radius 2 is 1.56 bits per heavy atom. The summed E-state index contributed by atoms with van der Waals surface area (Å²) in [6.45, 7) is 13.7. The fourth-order valence-electron chi connectivity index (χ4n) is 4.95. The second kappa shape index (κ2) is 12.4. The molecule has 3 rings (SSSR count). The van der Waals surface area contributed by atoms with Crippen molar-refractivity contribution < 1.29 is 0 Å². The number of hydrogen-bond acceptors (Lipinski definition) is 3. The van der Waals surface area contributed by atoms with Crippen molar-refractivity contribution in [3.63, 3.8) is 0 Å². The van der Waals surface area contributed by atoms with Crippen LogP contribution in [-0.2, 0) is 12.8 Å². The Morgan fingerprint density at radius 3 is 2.19 bits per heavy atom. The van der Waals surface area contributed by atoms with Crippen LogP contribution in [0, 0.1) is 11.8 Å². The van der Waals surface area contributed by atoms with Crippen molar-refractivity contribution in [2.24, 2.45) is 17.6 Å². The summed E-state index contributed by atoms with van der Waals surface area (Å²) >= 11 is 0. The summed E-state index contributed by atoms with van der Waals surface area (Å²) in [4.78, 5) is 5.27. The summed E-state index contributed by atoms with van der Waals surface area (Å²) in [7, 11) is 0. The first kappa shape index (κ1) is 24.8. The maximum absolute atomic E-state index is 6.42. The van der Waals surface area contributed by atoms with Crippen molar-refractivity contribution in [1.29, 1.82) is 0 Å². The monoisotopic (exact) mass is 435 g/mol. The summed E-state index contributed by atoms with van der Waals surface area (Å²) in [5, 5.41) is 0. The van der Waals surface area contributed by atoms with E-state index in [0.717, 1.165) is 44.8 Å². The van der Waals surface area contributed by atoms with Crippen molar-refractivity contribution >= 4 is 5.69 Å². The van der Waals surface area contributed by atoms with Gasteiger partial charge in [-0.1, -0.05) is 70.2 Å². The molecule has 1 heterocycles. The van der Waals surface area contributed by atoms with Gasteiger partial charge in [0.1, 0.15) is 0 Å². The molecule has 0 aliphatic carbocycles. The minimum absolute atomic E-state index is 0.293. The lowest BCUT2D eigenvalue weighted by Gasteiger charge is -2.32. The van der Waals surface area contributed by atoms with Crippen LogP contribution in [0.2, 0.25) is 0 Å². The van der Waals surface area contributed by atoms with Crippen LogP contribution in [0.25, 0.3) is 0 Å². The Balaban J connectivity index is 1.61. The standard InChI is InChI=1S/C29H45N3/c1-23(2)16-19-32(29-17-18-31(22-29)21-27(30)20-24(3)4)28-14-12-26(13-15-28)11-10-25-8-6-5-7-9-25/h5-9,12-15,23-24,27,29H,10-11,16-22,30H2,1-4H3. The molecule has 0 aromatic heterocycles. The number of rotatable bonds is 12. The molecule has 0 bridgehead atoms. The van der Waals surface area contributed by atoms with Gasteiger partial charge in [0.25, 0.3) is 0 Å². The van der Waals surface area contributed by atoms with Crippen LogP contribution in [0.15, 0.2) is 54.6 Å². The van der Waals surface area contributed by atoms with Crippen molar-refractivity contribution in [3.05, 3.63) is 65.7 Å². The maximum atomic E-state index is 6.42. The van der Waals surface area contributed by atoms with Crippen LogP contribution >= 0.6 is 0 Å². The molecule has 3 nitrogen and oxygen atoms in total. The smallest absolute Gasteiger partial charge is 0.0429 e. The second-order valence-electron chi connectivity index (χ2n) is 10.6. The minimum Gasteiger partial charge on any atom is -0.367 e. The first-order chi connectivity index (χ1) is 15.4. The molecule has 2 aromatic carbocycles. The zero-order valence-electron chi connectivity index (χ0n) is 20.8. The van der Waals surface area contributed by atoms with E-state index in [0.29, 0.717) is 18.0 Å². The maximum Gasteiger partial charge on any atom is 0.0429 e. The third-order valence-corrected chi connectivity index (χ3v) is 6.72. The van der Waals surface area contributed by atoms with E-state index in [1.165, 1.54) is 36.2 Å². The van der Waals surface area contributed by atoms with E-state index in [9.17, 15) is 0 Å². The van der Waals surface area contributed by atoms with Crippen LogP contribution in [0.1, 0.15) is 58.1 Å². The van der Waals surface area contributed by atoms with E-state index < -0.39 is 0 Å². The van der Waals surface area contributed by atoms with E-state index in [1.54, 1.807) is 0 Å². The fourth-order valence-corrected chi connectivity index (χ4v) is 4.95. The lowest BCUT2D eigenvalue weighted by molar-refractivity contribution is 0.291. The Morgan fingerprint density at radius 1 is 0.906 bits per heavy atom. The fraction of sp³-hybridized carbons (Fsp3) is 0.586. The summed E-state index contributed by atoms with van der Waals surface area (Å²) in [5.41, 5.74) is 10.6. The van der Waals surface area contributed by atoms with Gasteiger partial charge in [0.2, 0.25) is 0 Å². The number of nitrogens with zero attached hydrogens (tertiary/aromatic N) is 2. The molecule has 1 fully saturated rings. The quantitative estimate of drug-likeness (QED) is 0.459.